The molecule has 0 radical (unpaired) electrons. The number of benzene rings is 3. The molecule has 1 heterocycles. The maximum absolute atomic E-state index is 3.69. The average molecular weight is 435 g/mol. The molecule has 0 amide bonds. The number of allylic oxidation sites excluding steroid dienone is 2. The summed E-state index contributed by atoms with van der Waals surface area (Å²) in [6.45, 7) is 0. The van der Waals surface area contributed by atoms with Crippen LogP contribution in [0.15, 0.2) is 97.1 Å². The van der Waals surface area contributed by atoms with E-state index < -0.39 is 0 Å². The zero-order valence-electron chi connectivity index (χ0n) is 13.7. The lowest BCUT2D eigenvalue weighted by Gasteiger charge is -2.25. The van der Waals surface area contributed by atoms with Crippen LogP contribution in [0.2, 0.25) is 0 Å². The van der Waals surface area contributed by atoms with E-state index in [9.17, 15) is 0 Å². The number of rotatable bonds is 3. The second kappa shape index (κ2) is 7.28. The van der Waals surface area contributed by atoms with Gasteiger partial charge in [0.25, 0.3) is 0 Å². The number of dihydropyridines is 1. The molecule has 1 unspecified atom stereocenters. The van der Waals surface area contributed by atoms with E-state index in [-0.39, 0.29) is 6.04 Å². The van der Waals surface area contributed by atoms with Crippen molar-refractivity contribution in [3.63, 3.8) is 0 Å². The SMILES string of the molecule is Ic1cccc(C2=CC(c3ccccc3)=CC(c3ccccc3)N2)c1. The van der Waals surface area contributed by atoms with Gasteiger partial charge in [-0.1, -0.05) is 72.8 Å². The summed E-state index contributed by atoms with van der Waals surface area (Å²) in [4.78, 5) is 0. The van der Waals surface area contributed by atoms with Gasteiger partial charge in [-0.2, -0.15) is 0 Å². The molecular weight excluding hydrogens is 417 g/mol. The van der Waals surface area contributed by atoms with Crippen molar-refractivity contribution in [1.29, 1.82) is 0 Å². The van der Waals surface area contributed by atoms with Gasteiger partial charge in [0.05, 0.1) is 6.04 Å². The van der Waals surface area contributed by atoms with E-state index in [0.29, 0.717) is 0 Å². The normalized spacial score (nSPS) is 16.6. The van der Waals surface area contributed by atoms with Gasteiger partial charge in [-0.05, 0) is 69.1 Å². The van der Waals surface area contributed by atoms with Gasteiger partial charge in [-0.25, -0.2) is 0 Å². The summed E-state index contributed by atoms with van der Waals surface area (Å²) in [6.07, 6.45) is 4.56. The van der Waals surface area contributed by atoms with Crippen molar-refractivity contribution < 1.29 is 0 Å². The van der Waals surface area contributed by atoms with Gasteiger partial charge in [-0.15, -0.1) is 0 Å². The lowest BCUT2D eigenvalue weighted by Crippen LogP contribution is -2.21. The summed E-state index contributed by atoms with van der Waals surface area (Å²) in [6, 6.07) is 30.0. The zero-order valence-corrected chi connectivity index (χ0v) is 15.9. The Bertz CT molecular complexity index is 927. The lowest BCUT2D eigenvalue weighted by atomic mass is 9.93. The average Bonchev–Trinajstić information content (AvgIpc) is 2.69. The van der Waals surface area contributed by atoms with Crippen LogP contribution in [0.3, 0.4) is 0 Å². The van der Waals surface area contributed by atoms with E-state index in [4.69, 9.17) is 0 Å². The molecule has 0 saturated heterocycles. The third-order valence-electron chi connectivity index (χ3n) is 4.36. The van der Waals surface area contributed by atoms with Crippen LogP contribution in [0.25, 0.3) is 11.3 Å². The van der Waals surface area contributed by atoms with Crippen LogP contribution in [-0.2, 0) is 0 Å². The fourth-order valence-electron chi connectivity index (χ4n) is 3.11. The maximum Gasteiger partial charge on any atom is 0.0707 e. The Morgan fingerprint density at radius 1 is 0.720 bits per heavy atom. The van der Waals surface area contributed by atoms with Crippen LogP contribution in [0.4, 0.5) is 0 Å². The largest absolute Gasteiger partial charge is 0.374 e. The minimum Gasteiger partial charge on any atom is -0.374 e. The Kier molecular flexibility index (Phi) is 4.70. The molecule has 0 aliphatic carbocycles. The first kappa shape index (κ1) is 16.2. The molecule has 2 heteroatoms. The van der Waals surface area contributed by atoms with Gasteiger partial charge in [0.15, 0.2) is 0 Å². The summed E-state index contributed by atoms with van der Waals surface area (Å²) >= 11 is 2.37. The Balaban J connectivity index is 1.79. The first-order valence-corrected chi connectivity index (χ1v) is 9.44. The molecule has 1 N–H and O–H groups in total. The van der Waals surface area contributed by atoms with E-state index in [0.717, 1.165) is 5.70 Å². The summed E-state index contributed by atoms with van der Waals surface area (Å²) in [5.41, 5.74) is 6.14. The minimum absolute atomic E-state index is 0.161. The quantitative estimate of drug-likeness (QED) is 0.494. The first-order valence-electron chi connectivity index (χ1n) is 8.36. The molecule has 0 bridgehead atoms. The van der Waals surface area contributed by atoms with E-state index >= 15 is 0 Å². The van der Waals surface area contributed by atoms with Crippen LogP contribution < -0.4 is 5.32 Å². The highest BCUT2D eigenvalue weighted by Gasteiger charge is 2.17. The minimum atomic E-state index is 0.161. The Morgan fingerprint density at radius 3 is 2.12 bits per heavy atom. The molecule has 0 saturated carbocycles. The first-order chi connectivity index (χ1) is 12.3. The standard InChI is InChI=1S/C23H18IN/c24-21-13-7-12-19(14-21)23-16-20(17-8-3-1-4-9-17)15-22(25-23)18-10-5-2-6-11-18/h1-16,22,25H. The number of hydrogen-bond acceptors (Lipinski definition) is 1. The van der Waals surface area contributed by atoms with Crippen LogP contribution in [0.1, 0.15) is 22.7 Å². The summed E-state index contributed by atoms with van der Waals surface area (Å²) < 4.78 is 1.24. The van der Waals surface area contributed by atoms with E-state index in [2.05, 4.69) is 125 Å². The molecule has 25 heavy (non-hydrogen) atoms. The van der Waals surface area contributed by atoms with Crippen molar-refractivity contribution in [3.05, 3.63) is 117 Å². The van der Waals surface area contributed by atoms with Crippen LogP contribution in [0, 0.1) is 3.57 Å². The monoisotopic (exact) mass is 435 g/mol. The van der Waals surface area contributed by atoms with E-state index in [1.807, 2.05) is 0 Å². The Labute approximate surface area is 162 Å². The third-order valence-corrected chi connectivity index (χ3v) is 5.03. The van der Waals surface area contributed by atoms with E-state index in [1.165, 1.54) is 25.8 Å². The second-order valence-corrected chi connectivity index (χ2v) is 7.33. The van der Waals surface area contributed by atoms with Crippen molar-refractivity contribution in [1.82, 2.24) is 5.32 Å². The summed E-state index contributed by atoms with van der Waals surface area (Å²) in [5, 5.41) is 3.69. The Morgan fingerprint density at radius 2 is 1.40 bits per heavy atom. The predicted octanol–water partition coefficient (Wildman–Crippen LogP) is 6.06. The van der Waals surface area contributed by atoms with Crippen LogP contribution >= 0.6 is 22.6 Å². The van der Waals surface area contributed by atoms with Crippen molar-refractivity contribution in [2.75, 3.05) is 0 Å². The number of halogens is 1. The summed E-state index contributed by atoms with van der Waals surface area (Å²) in [5.74, 6) is 0. The van der Waals surface area contributed by atoms with Crippen molar-refractivity contribution in [2.45, 2.75) is 6.04 Å². The summed E-state index contributed by atoms with van der Waals surface area (Å²) in [7, 11) is 0. The van der Waals surface area contributed by atoms with Gasteiger partial charge in [0.1, 0.15) is 0 Å². The van der Waals surface area contributed by atoms with Gasteiger partial charge < -0.3 is 5.32 Å². The van der Waals surface area contributed by atoms with Crippen molar-refractivity contribution in [2.24, 2.45) is 0 Å². The molecule has 0 fully saturated rings. The highest BCUT2D eigenvalue weighted by molar-refractivity contribution is 14.1. The van der Waals surface area contributed by atoms with Crippen LogP contribution in [-0.4, -0.2) is 0 Å². The predicted molar refractivity (Wildman–Crippen MR) is 114 cm³/mol. The molecule has 0 spiro atoms. The fourth-order valence-corrected chi connectivity index (χ4v) is 3.65. The molecule has 1 atom stereocenters. The molecular formula is C23H18IN. The Hall–Kier alpha value is -2.33. The fraction of sp³-hybridized carbons (Fsp3) is 0.0435. The molecule has 3 aromatic rings. The molecule has 1 nitrogen and oxygen atoms in total. The third kappa shape index (κ3) is 3.69. The smallest absolute Gasteiger partial charge is 0.0707 e. The number of nitrogens with one attached hydrogen (secondary N) is 1. The maximum atomic E-state index is 3.69. The zero-order chi connectivity index (χ0) is 17.1. The highest BCUT2D eigenvalue weighted by Crippen LogP contribution is 2.32. The molecule has 3 aromatic carbocycles. The molecule has 1 aliphatic heterocycles. The van der Waals surface area contributed by atoms with E-state index in [1.54, 1.807) is 0 Å². The highest BCUT2D eigenvalue weighted by atomic mass is 127. The van der Waals surface area contributed by atoms with Gasteiger partial charge in [-0.3, -0.25) is 0 Å². The van der Waals surface area contributed by atoms with Gasteiger partial charge >= 0.3 is 0 Å². The van der Waals surface area contributed by atoms with Crippen molar-refractivity contribution >= 4 is 33.9 Å². The van der Waals surface area contributed by atoms with Crippen molar-refractivity contribution in [3.8, 4) is 0 Å². The van der Waals surface area contributed by atoms with Gasteiger partial charge in [0.2, 0.25) is 0 Å². The molecule has 122 valence electrons. The molecule has 1 aliphatic rings. The lowest BCUT2D eigenvalue weighted by molar-refractivity contribution is 0.766. The van der Waals surface area contributed by atoms with Crippen LogP contribution in [0.5, 0.6) is 0 Å². The van der Waals surface area contributed by atoms with Gasteiger partial charge in [0, 0.05) is 9.27 Å². The second-order valence-electron chi connectivity index (χ2n) is 6.09. The number of hydrogen-bond donors (Lipinski definition) is 1. The molecule has 4 rings (SSSR count). The topological polar surface area (TPSA) is 12.0 Å². The molecule has 0 aromatic heterocycles.